The second-order valence-corrected chi connectivity index (χ2v) is 4.85. The van der Waals surface area contributed by atoms with E-state index in [0.717, 1.165) is 0 Å². The number of hydrogen-bond acceptors (Lipinski definition) is 6. The zero-order chi connectivity index (χ0) is 16.6. The van der Waals surface area contributed by atoms with Crippen LogP contribution in [0.2, 0.25) is 0 Å². The van der Waals surface area contributed by atoms with Gasteiger partial charge >= 0.3 is 0 Å². The van der Waals surface area contributed by atoms with Gasteiger partial charge in [0.15, 0.2) is 16.9 Å². The second-order valence-electron chi connectivity index (χ2n) is 4.85. The molecule has 0 radical (unpaired) electrons. The van der Waals surface area contributed by atoms with Crippen LogP contribution in [0.5, 0.6) is 23.0 Å². The number of aromatic hydroxyl groups is 2. The smallest absolute Gasteiger partial charge is 0.201 e. The van der Waals surface area contributed by atoms with Gasteiger partial charge in [-0.3, -0.25) is 4.79 Å². The van der Waals surface area contributed by atoms with E-state index in [0.29, 0.717) is 17.1 Å². The van der Waals surface area contributed by atoms with Crippen LogP contribution in [0.15, 0.2) is 45.6 Å². The minimum atomic E-state index is -0.496. The molecule has 2 aromatic carbocycles. The first kappa shape index (κ1) is 14.8. The second kappa shape index (κ2) is 5.57. The molecule has 6 nitrogen and oxygen atoms in total. The molecule has 1 heterocycles. The van der Waals surface area contributed by atoms with E-state index in [1.54, 1.807) is 31.4 Å². The number of phenolic OH excluding ortho intramolecular Hbond substituents is 2. The topological polar surface area (TPSA) is 89.1 Å². The van der Waals surface area contributed by atoms with Crippen LogP contribution >= 0.6 is 0 Å². The third-order valence-corrected chi connectivity index (χ3v) is 3.51. The lowest BCUT2D eigenvalue weighted by molar-refractivity contribution is 0.353. The van der Waals surface area contributed by atoms with Gasteiger partial charge in [-0.1, -0.05) is 0 Å². The van der Waals surface area contributed by atoms with Crippen molar-refractivity contribution in [1.82, 2.24) is 0 Å². The summed E-state index contributed by atoms with van der Waals surface area (Å²) in [6.07, 6.45) is 0. The first-order chi connectivity index (χ1) is 11.0. The fourth-order valence-electron chi connectivity index (χ4n) is 2.36. The van der Waals surface area contributed by atoms with Gasteiger partial charge in [0.2, 0.25) is 5.75 Å². The molecular formula is C17H14O6. The van der Waals surface area contributed by atoms with Crippen LogP contribution in [0.4, 0.5) is 0 Å². The number of fused-ring (bicyclic) bond motifs is 1. The average Bonchev–Trinajstić information content (AvgIpc) is 2.56. The third kappa shape index (κ3) is 2.44. The number of rotatable bonds is 3. The van der Waals surface area contributed by atoms with E-state index >= 15 is 0 Å². The molecule has 0 aliphatic rings. The van der Waals surface area contributed by atoms with Gasteiger partial charge in [-0.2, -0.15) is 0 Å². The third-order valence-electron chi connectivity index (χ3n) is 3.51. The van der Waals surface area contributed by atoms with E-state index in [-0.39, 0.29) is 22.1 Å². The van der Waals surface area contributed by atoms with E-state index in [2.05, 4.69) is 0 Å². The van der Waals surface area contributed by atoms with Crippen molar-refractivity contribution in [1.29, 1.82) is 0 Å². The number of ether oxygens (including phenoxy) is 2. The van der Waals surface area contributed by atoms with Gasteiger partial charge in [-0.05, 0) is 24.3 Å². The summed E-state index contributed by atoms with van der Waals surface area (Å²) >= 11 is 0. The highest BCUT2D eigenvalue weighted by Crippen LogP contribution is 2.41. The molecule has 3 aromatic rings. The first-order valence-electron chi connectivity index (χ1n) is 6.76. The summed E-state index contributed by atoms with van der Waals surface area (Å²) in [5, 5.41) is 19.6. The Labute approximate surface area is 131 Å². The largest absolute Gasteiger partial charge is 0.504 e. The molecular weight excluding hydrogens is 300 g/mol. The number of hydrogen-bond donors (Lipinski definition) is 2. The van der Waals surface area contributed by atoms with Gasteiger partial charge < -0.3 is 24.1 Å². The zero-order valence-corrected chi connectivity index (χ0v) is 12.5. The van der Waals surface area contributed by atoms with Crippen molar-refractivity contribution in [2.45, 2.75) is 0 Å². The lowest BCUT2D eigenvalue weighted by atomic mass is 10.1. The minimum Gasteiger partial charge on any atom is -0.504 e. The summed E-state index contributed by atoms with van der Waals surface area (Å²) in [5.41, 5.74) is 0.413. The maximum Gasteiger partial charge on any atom is 0.201 e. The molecule has 0 amide bonds. The Morgan fingerprint density at radius 2 is 1.70 bits per heavy atom. The Morgan fingerprint density at radius 3 is 2.30 bits per heavy atom. The summed E-state index contributed by atoms with van der Waals surface area (Å²) in [4.78, 5) is 12.4. The van der Waals surface area contributed by atoms with Crippen molar-refractivity contribution in [2.24, 2.45) is 0 Å². The fraction of sp³-hybridized carbons (Fsp3) is 0.118. The maximum atomic E-state index is 12.4. The quantitative estimate of drug-likeness (QED) is 0.723. The minimum absolute atomic E-state index is 0.0695. The molecule has 0 aliphatic carbocycles. The van der Waals surface area contributed by atoms with Gasteiger partial charge in [0.1, 0.15) is 22.5 Å². The van der Waals surface area contributed by atoms with Gasteiger partial charge in [0.25, 0.3) is 0 Å². The van der Waals surface area contributed by atoms with E-state index in [9.17, 15) is 15.0 Å². The number of methoxy groups -OCH3 is 2. The summed E-state index contributed by atoms with van der Waals surface area (Å²) < 4.78 is 15.8. The first-order valence-corrected chi connectivity index (χ1v) is 6.76. The fourth-order valence-corrected chi connectivity index (χ4v) is 2.36. The van der Waals surface area contributed by atoms with Crippen LogP contribution in [0, 0.1) is 0 Å². The lowest BCUT2D eigenvalue weighted by Gasteiger charge is -2.10. The van der Waals surface area contributed by atoms with Crippen molar-refractivity contribution in [3.8, 4) is 34.3 Å². The molecule has 1 aromatic heterocycles. The maximum absolute atomic E-state index is 12.4. The van der Waals surface area contributed by atoms with Gasteiger partial charge in [-0.25, -0.2) is 0 Å². The molecule has 0 saturated carbocycles. The van der Waals surface area contributed by atoms with Crippen molar-refractivity contribution >= 4 is 11.0 Å². The summed E-state index contributed by atoms with van der Waals surface area (Å²) in [5.74, 6) is -0.0256. The van der Waals surface area contributed by atoms with E-state index in [4.69, 9.17) is 13.9 Å². The number of phenols is 2. The van der Waals surface area contributed by atoms with Crippen LogP contribution in [0.25, 0.3) is 22.3 Å². The Bertz CT molecular complexity index is 924. The molecule has 0 bridgehead atoms. The van der Waals surface area contributed by atoms with Gasteiger partial charge in [-0.15, -0.1) is 0 Å². The number of benzene rings is 2. The van der Waals surface area contributed by atoms with Gasteiger partial charge in [0, 0.05) is 17.7 Å². The molecule has 0 spiro atoms. The predicted octanol–water partition coefficient (Wildman–Crippen LogP) is 2.89. The Morgan fingerprint density at radius 1 is 1.00 bits per heavy atom. The zero-order valence-electron chi connectivity index (χ0n) is 12.5. The van der Waals surface area contributed by atoms with E-state index in [1.807, 2.05) is 0 Å². The molecule has 0 atom stereocenters. The summed E-state index contributed by atoms with van der Waals surface area (Å²) in [6.45, 7) is 0. The molecule has 0 fully saturated rings. The molecule has 2 N–H and O–H groups in total. The average molecular weight is 314 g/mol. The van der Waals surface area contributed by atoms with Crippen molar-refractivity contribution < 1.29 is 24.1 Å². The van der Waals surface area contributed by atoms with Gasteiger partial charge in [0.05, 0.1) is 14.2 Å². The highest BCUT2D eigenvalue weighted by molar-refractivity contribution is 5.89. The van der Waals surface area contributed by atoms with Crippen molar-refractivity contribution in [3.05, 3.63) is 46.6 Å². The lowest BCUT2D eigenvalue weighted by Crippen LogP contribution is -2.03. The molecule has 0 saturated heterocycles. The van der Waals surface area contributed by atoms with Crippen LogP contribution in [0.1, 0.15) is 0 Å². The normalized spacial score (nSPS) is 10.7. The van der Waals surface area contributed by atoms with Crippen LogP contribution in [0.3, 0.4) is 0 Å². The molecule has 0 aliphatic heterocycles. The highest BCUT2D eigenvalue weighted by atomic mass is 16.5. The summed E-state index contributed by atoms with van der Waals surface area (Å²) in [7, 11) is 2.86. The Hall–Kier alpha value is -3.15. The Balaban J connectivity index is 2.25. The van der Waals surface area contributed by atoms with Crippen LogP contribution < -0.4 is 14.9 Å². The Kier molecular flexibility index (Phi) is 3.57. The predicted molar refractivity (Wildman–Crippen MR) is 84.4 cm³/mol. The van der Waals surface area contributed by atoms with Crippen LogP contribution in [-0.4, -0.2) is 24.4 Å². The molecule has 118 valence electrons. The van der Waals surface area contributed by atoms with Crippen LogP contribution in [-0.2, 0) is 0 Å². The molecule has 23 heavy (non-hydrogen) atoms. The van der Waals surface area contributed by atoms with E-state index < -0.39 is 11.5 Å². The summed E-state index contributed by atoms with van der Waals surface area (Å²) in [6, 6.07) is 9.48. The highest BCUT2D eigenvalue weighted by Gasteiger charge is 2.18. The van der Waals surface area contributed by atoms with Crippen molar-refractivity contribution in [3.63, 3.8) is 0 Å². The SMILES string of the molecule is COc1ccc(-c2cc(=O)c3c(OC)c(O)c(O)cc3o2)cc1. The standard InChI is InChI=1S/C17H14O6/c1-21-10-5-3-9(4-6-10)13-7-11(18)15-14(23-13)8-12(19)16(20)17(15)22-2/h3-8,19-20H,1-2H3. The van der Waals surface area contributed by atoms with Crippen molar-refractivity contribution in [2.75, 3.05) is 14.2 Å². The molecule has 0 unspecified atom stereocenters. The monoisotopic (exact) mass is 314 g/mol. The molecule has 3 rings (SSSR count). The molecule has 6 heteroatoms. The van der Waals surface area contributed by atoms with E-state index in [1.165, 1.54) is 19.2 Å².